The lowest BCUT2D eigenvalue weighted by Gasteiger charge is -2.30. The second-order valence-electron chi connectivity index (χ2n) is 13.3. The molecule has 0 aromatic heterocycles. The minimum Gasteiger partial charge on any atom is -0.311 e. The fourth-order valence-corrected chi connectivity index (χ4v) is 6.63. The first-order valence-electron chi connectivity index (χ1n) is 17.8. The third kappa shape index (κ3) is 7.85. The van der Waals surface area contributed by atoms with Crippen LogP contribution in [0.1, 0.15) is 36.1 Å². The van der Waals surface area contributed by atoms with Crippen molar-refractivity contribution in [1.29, 1.82) is 31.6 Å². The smallest absolute Gasteiger partial charge is 0.148 e. The van der Waals surface area contributed by atoms with E-state index in [-0.39, 0.29) is 27.7 Å². The van der Waals surface area contributed by atoms with Gasteiger partial charge in [0.2, 0.25) is 0 Å². The van der Waals surface area contributed by atoms with E-state index in [0.29, 0.717) is 11.1 Å². The van der Waals surface area contributed by atoms with Gasteiger partial charge in [-0.1, -0.05) is 98.8 Å². The summed E-state index contributed by atoms with van der Waals surface area (Å²) in [6.45, 7) is 4.37. The van der Waals surface area contributed by atoms with E-state index in [2.05, 4.69) is 72.2 Å². The third-order valence-electron chi connectivity index (χ3n) is 9.72. The van der Waals surface area contributed by atoms with Crippen molar-refractivity contribution in [3.05, 3.63) is 191 Å². The van der Waals surface area contributed by atoms with Crippen molar-refractivity contribution in [2.75, 3.05) is 9.80 Å². The fourth-order valence-electron chi connectivity index (χ4n) is 6.63. The van der Waals surface area contributed by atoms with E-state index >= 15 is 0 Å². The summed E-state index contributed by atoms with van der Waals surface area (Å²) in [4.78, 5) is 4.21. The van der Waals surface area contributed by atoms with Gasteiger partial charge < -0.3 is 9.80 Å². The topological polar surface area (TPSA) is 149 Å². The fraction of sp³-hybridized carbons (Fsp3) is 0.0612. The maximum atomic E-state index is 9.66. The molecule has 0 saturated carbocycles. The van der Waals surface area contributed by atoms with E-state index in [0.717, 1.165) is 45.3 Å². The highest BCUT2D eigenvalue weighted by molar-refractivity contribution is 5.87. The van der Waals surface area contributed by atoms with Crippen molar-refractivity contribution in [1.82, 2.24) is 0 Å². The molecule has 0 heterocycles. The normalized spacial score (nSPS) is 10.2. The molecule has 8 nitrogen and oxygen atoms in total. The highest BCUT2D eigenvalue weighted by atomic mass is 15.1. The summed E-state index contributed by atoms with van der Waals surface area (Å²) in [5.41, 5.74) is 7.87. The standard InChI is InChI=1S/C49H32N8/c1-49(2,39-17-25-45(26-18-39)56(41-9-5-3-6-10-41)43-21-13-35(14-22-43)47(33-54)37(29-50)30-51)40-19-27-46(28-20-40)57(42-11-7-4-8-12-42)44-23-15-36(16-24-44)48(34-55)38(31-52)32-53/h3-28H,1-2H3. The number of benzene rings is 6. The van der Waals surface area contributed by atoms with Crippen molar-refractivity contribution in [2.24, 2.45) is 0 Å². The average molecular weight is 733 g/mol. The molecule has 0 spiro atoms. The molecule has 0 aliphatic rings. The number of hydrogen-bond donors (Lipinski definition) is 0. The minimum atomic E-state index is -0.367. The van der Waals surface area contributed by atoms with Crippen LogP contribution in [0, 0.1) is 68.0 Å². The Balaban J connectivity index is 1.31. The number of anilines is 6. The lowest BCUT2D eigenvalue weighted by Crippen LogP contribution is -2.19. The van der Waals surface area contributed by atoms with Gasteiger partial charge in [0.15, 0.2) is 0 Å². The van der Waals surface area contributed by atoms with Gasteiger partial charge in [-0.15, -0.1) is 0 Å². The molecule has 8 heteroatoms. The minimum absolute atomic E-state index is 0.0378. The van der Waals surface area contributed by atoms with Crippen LogP contribution in [0.2, 0.25) is 0 Å². The van der Waals surface area contributed by atoms with Crippen LogP contribution in [0.25, 0.3) is 11.1 Å². The third-order valence-corrected chi connectivity index (χ3v) is 9.72. The molecule has 0 fully saturated rings. The Labute approximate surface area is 332 Å². The summed E-state index contributed by atoms with van der Waals surface area (Å²) in [6, 6.07) is 62.4. The largest absolute Gasteiger partial charge is 0.311 e. The molecule has 6 aromatic carbocycles. The Hall–Kier alpha value is -8.66. The predicted molar refractivity (Wildman–Crippen MR) is 222 cm³/mol. The molecule has 6 aromatic rings. The van der Waals surface area contributed by atoms with Crippen LogP contribution >= 0.6 is 0 Å². The molecule has 0 unspecified atom stereocenters. The van der Waals surface area contributed by atoms with Crippen LogP contribution < -0.4 is 9.80 Å². The van der Waals surface area contributed by atoms with Crippen molar-refractivity contribution >= 4 is 45.3 Å². The van der Waals surface area contributed by atoms with E-state index in [1.807, 2.05) is 121 Å². The molecule has 268 valence electrons. The zero-order chi connectivity index (χ0) is 40.4. The summed E-state index contributed by atoms with van der Waals surface area (Å²) >= 11 is 0. The Bertz CT molecular complexity index is 2500. The zero-order valence-corrected chi connectivity index (χ0v) is 31.1. The Kier molecular flexibility index (Phi) is 11.4. The first-order valence-corrected chi connectivity index (χ1v) is 17.8. The van der Waals surface area contributed by atoms with E-state index in [9.17, 15) is 31.6 Å². The summed E-state index contributed by atoms with van der Waals surface area (Å²) in [6.07, 6.45) is 0. The summed E-state index contributed by atoms with van der Waals surface area (Å²) < 4.78 is 0. The maximum absolute atomic E-state index is 9.66. The zero-order valence-electron chi connectivity index (χ0n) is 31.1. The second-order valence-corrected chi connectivity index (χ2v) is 13.3. The molecule has 0 N–H and O–H groups in total. The van der Waals surface area contributed by atoms with Crippen LogP contribution in [0.15, 0.2) is 169 Å². The molecular formula is C49H32N8. The van der Waals surface area contributed by atoms with Crippen molar-refractivity contribution in [3.8, 4) is 36.4 Å². The lowest BCUT2D eigenvalue weighted by molar-refractivity contribution is 0.641. The number of nitriles is 6. The molecule has 0 aliphatic carbocycles. The molecule has 0 bridgehead atoms. The molecule has 6 rings (SSSR count). The van der Waals surface area contributed by atoms with E-state index in [4.69, 9.17) is 0 Å². The van der Waals surface area contributed by atoms with Crippen molar-refractivity contribution in [2.45, 2.75) is 19.3 Å². The predicted octanol–water partition coefficient (Wildman–Crippen LogP) is 11.6. The first-order chi connectivity index (χ1) is 27.8. The number of allylic oxidation sites excluding steroid dienone is 4. The van der Waals surface area contributed by atoms with Gasteiger partial charge in [0.1, 0.15) is 47.6 Å². The Morgan fingerprint density at radius 2 is 0.614 bits per heavy atom. The first kappa shape index (κ1) is 38.1. The van der Waals surface area contributed by atoms with Gasteiger partial charge in [0.05, 0.1) is 11.1 Å². The van der Waals surface area contributed by atoms with Gasteiger partial charge in [0, 0.05) is 39.5 Å². The Morgan fingerprint density at radius 1 is 0.351 bits per heavy atom. The number of para-hydroxylation sites is 2. The van der Waals surface area contributed by atoms with Crippen molar-refractivity contribution < 1.29 is 0 Å². The van der Waals surface area contributed by atoms with Crippen LogP contribution in [0.4, 0.5) is 34.1 Å². The number of nitrogens with zero attached hydrogens (tertiary/aromatic N) is 8. The van der Waals surface area contributed by atoms with Gasteiger partial charge in [-0.05, 0) is 95.1 Å². The number of hydrogen-bond acceptors (Lipinski definition) is 8. The summed E-state index contributed by atoms with van der Waals surface area (Å²) in [7, 11) is 0. The monoisotopic (exact) mass is 732 g/mol. The van der Waals surface area contributed by atoms with Crippen LogP contribution in [-0.4, -0.2) is 0 Å². The molecule has 0 radical (unpaired) electrons. The van der Waals surface area contributed by atoms with Gasteiger partial charge in [-0.25, -0.2) is 0 Å². The highest BCUT2D eigenvalue weighted by Gasteiger charge is 2.25. The van der Waals surface area contributed by atoms with Gasteiger partial charge in [0.25, 0.3) is 0 Å². The molecule has 0 amide bonds. The lowest BCUT2D eigenvalue weighted by atomic mass is 9.78. The molecule has 0 aliphatic heterocycles. The van der Waals surface area contributed by atoms with E-state index in [1.165, 1.54) is 0 Å². The van der Waals surface area contributed by atoms with Crippen LogP contribution in [-0.2, 0) is 5.41 Å². The summed E-state index contributed by atoms with van der Waals surface area (Å²) in [5.74, 6) is 0. The van der Waals surface area contributed by atoms with E-state index in [1.54, 1.807) is 24.3 Å². The second kappa shape index (κ2) is 17.0. The molecule has 0 saturated heterocycles. The molecule has 57 heavy (non-hydrogen) atoms. The Morgan fingerprint density at radius 3 is 0.877 bits per heavy atom. The van der Waals surface area contributed by atoms with Crippen LogP contribution in [0.5, 0.6) is 0 Å². The van der Waals surface area contributed by atoms with Gasteiger partial charge in [-0.3, -0.25) is 0 Å². The average Bonchev–Trinajstić information content (AvgIpc) is 3.26. The number of rotatable bonds is 10. The van der Waals surface area contributed by atoms with Gasteiger partial charge >= 0.3 is 0 Å². The SMILES string of the molecule is CC(C)(c1ccc(N(c2ccccc2)c2ccc(C(C#N)=C(C#N)C#N)cc2)cc1)c1ccc(N(c2ccccc2)c2ccc(C(C#N)=C(C#N)C#N)cc2)cc1. The quantitative estimate of drug-likeness (QED) is 0.126. The van der Waals surface area contributed by atoms with E-state index < -0.39 is 0 Å². The summed E-state index contributed by atoms with van der Waals surface area (Å²) in [5, 5.41) is 56.7. The molecule has 0 atom stereocenters. The van der Waals surface area contributed by atoms with Crippen LogP contribution in [0.3, 0.4) is 0 Å². The maximum Gasteiger partial charge on any atom is 0.148 e. The highest BCUT2D eigenvalue weighted by Crippen LogP contribution is 2.40. The van der Waals surface area contributed by atoms with Crippen molar-refractivity contribution in [3.63, 3.8) is 0 Å². The molecular weight excluding hydrogens is 701 g/mol. The van der Waals surface area contributed by atoms with Gasteiger partial charge in [-0.2, -0.15) is 31.6 Å².